The number of aliphatic hydroxyl groups is 1. The minimum atomic E-state index is -1.00. The van der Waals surface area contributed by atoms with E-state index in [2.05, 4.69) is 12.2 Å². The molecule has 7 heteroatoms. The highest BCUT2D eigenvalue weighted by atomic mass is 32.1. The molecule has 0 aromatic heterocycles. The first-order chi connectivity index (χ1) is 10.0. The topological polar surface area (TPSA) is 58.7 Å². The fourth-order valence-corrected chi connectivity index (χ4v) is 2.61. The Kier molecular flexibility index (Phi) is 5.44. The van der Waals surface area contributed by atoms with Crippen molar-refractivity contribution in [1.29, 1.82) is 0 Å². The molecule has 0 amide bonds. The highest BCUT2D eigenvalue weighted by Gasteiger charge is 2.24. The third-order valence-corrected chi connectivity index (χ3v) is 3.77. The van der Waals surface area contributed by atoms with Crippen molar-refractivity contribution in [3.8, 4) is 0 Å². The summed E-state index contributed by atoms with van der Waals surface area (Å²) in [5, 5.41) is 8.72. The summed E-state index contributed by atoms with van der Waals surface area (Å²) in [6.07, 6.45) is 1.47. The van der Waals surface area contributed by atoms with Crippen LogP contribution in [0.25, 0.3) is 0 Å². The van der Waals surface area contributed by atoms with Gasteiger partial charge in [0.2, 0.25) is 0 Å². The van der Waals surface area contributed by atoms with Crippen molar-refractivity contribution in [1.82, 2.24) is 0 Å². The average Bonchev–Trinajstić information content (AvgIpc) is 2.48. The lowest BCUT2D eigenvalue weighted by molar-refractivity contribution is 0.0158. The fraction of sp³-hybridized carbons (Fsp3) is 0.500. The Hall–Kier alpha value is -1.31. The molecule has 1 aliphatic heterocycles. The molecule has 116 valence electrons. The van der Waals surface area contributed by atoms with Gasteiger partial charge in [0.15, 0.2) is 11.6 Å². The van der Waals surface area contributed by atoms with Crippen LogP contribution in [-0.2, 0) is 4.74 Å². The van der Waals surface area contributed by atoms with E-state index in [1.54, 1.807) is 4.90 Å². The molecule has 0 atom stereocenters. The lowest BCUT2D eigenvalue weighted by Gasteiger charge is -2.33. The number of thiocarbonyl (C=S) groups is 1. The number of ether oxygens (including phenoxy) is 1. The maximum atomic E-state index is 14.1. The maximum absolute atomic E-state index is 14.1. The number of hydrogen-bond donors (Lipinski definition) is 2. The predicted molar refractivity (Wildman–Crippen MR) is 80.5 cm³/mol. The molecule has 0 spiro atoms. The van der Waals surface area contributed by atoms with E-state index in [1.807, 2.05) is 0 Å². The summed E-state index contributed by atoms with van der Waals surface area (Å²) in [6.45, 7) is 1.43. The summed E-state index contributed by atoms with van der Waals surface area (Å²) in [5.74, 6) is -1.92. The minimum absolute atomic E-state index is 0.0134. The molecule has 1 aliphatic rings. The summed E-state index contributed by atoms with van der Waals surface area (Å²) in [4.78, 5) is 1.62. The van der Waals surface area contributed by atoms with Gasteiger partial charge in [-0.25, -0.2) is 8.78 Å². The van der Waals surface area contributed by atoms with Crippen LogP contribution in [0.2, 0.25) is 0 Å². The maximum Gasteiger partial charge on any atom is 0.182 e. The molecule has 1 aromatic carbocycles. The second kappa shape index (κ2) is 7.11. The van der Waals surface area contributed by atoms with Crippen LogP contribution < -0.4 is 10.6 Å². The van der Waals surface area contributed by atoms with Crippen molar-refractivity contribution >= 4 is 22.9 Å². The monoisotopic (exact) mass is 316 g/mol. The van der Waals surface area contributed by atoms with Crippen LogP contribution in [0, 0.1) is 11.6 Å². The van der Waals surface area contributed by atoms with Crippen molar-refractivity contribution < 1.29 is 18.6 Å². The van der Waals surface area contributed by atoms with Gasteiger partial charge in [0.1, 0.15) is 4.99 Å². The van der Waals surface area contributed by atoms with Crippen LogP contribution in [0.3, 0.4) is 0 Å². The number of aliphatic hydroxyl groups excluding tert-OH is 1. The van der Waals surface area contributed by atoms with Gasteiger partial charge >= 0.3 is 0 Å². The normalized spacial score (nSPS) is 16.2. The summed E-state index contributed by atoms with van der Waals surface area (Å²) < 4.78 is 33.4. The first-order valence-corrected chi connectivity index (χ1v) is 7.20. The van der Waals surface area contributed by atoms with E-state index in [4.69, 9.17) is 15.6 Å². The molecule has 0 radical (unpaired) electrons. The van der Waals surface area contributed by atoms with Gasteiger partial charge in [0.25, 0.3) is 0 Å². The third kappa shape index (κ3) is 3.66. The molecular formula is C14H18F2N2O2S. The Morgan fingerprint density at radius 3 is 2.57 bits per heavy atom. The van der Waals surface area contributed by atoms with Gasteiger partial charge in [-0.15, -0.1) is 0 Å². The third-order valence-electron chi connectivity index (χ3n) is 3.55. The molecule has 3 N–H and O–H groups in total. The first kappa shape index (κ1) is 16.1. The smallest absolute Gasteiger partial charge is 0.182 e. The molecule has 21 heavy (non-hydrogen) atoms. The molecule has 1 heterocycles. The Labute approximate surface area is 127 Å². The number of benzene rings is 1. The number of nitrogens with two attached hydrogens (primary N) is 1. The van der Waals surface area contributed by atoms with Crippen molar-refractivity contribution in [2.24, 2.45) is 5.73 Å². The Morgan fingerprint density at radius 2 is 2.00 bits per heavy atom. The lowest BCUT2D eigenvalue weighted by Crippen LogP contribution is -2.38. The van der Waals surface area contributed by atoms with Crippen LogP contribution in [0.4, 0.5) is 14.5 Å². The van der Waals surface area contributed by atoms with Crippen LogP contribution in [-0.4, -0.2) is 42.5 Å². The summed E-state index contributed by atoms with van der Waals surface area (Å²) >= 11 is 4.69. The first-order valence-electron chi connectivity index (χ1n) is 6.79. The summed E-state index contributed by atoms with van der Waals surface area (Å²) in [6, 6.07) is 2.91. The molecule has 0 aliphatic carbocycles. The van der Waals surface area contributed by atoms with Crippen molar-refractivity contribution in [3.63, 3.8) is 0 Å². The number of hydrogen-bond acceptors (Lipinski definition) is 4. The van der Waals surface area contributed by atoms with Gasteiger partial charge in [0, 0.05) is 18.7 Å². The standard InChI is InChI=1S/C14H18F2N2O2S/c15-12-10(14(17)21)1-2-11(13(12)16)18-5-3-9(4-6-18)20-8-7-19/h1-2,9,19H,3-8H2,(H2,17,21). The Bertz CT molecular complexity index is 520. The molecule has 0 bridgehead atoms. The molecule has 1 saturated heterocycles. The summed E-state index contributed by atoms with van der Waals surface area (Å²) in [7, 11) is 0. The number of piperidine rings is 1. The van der Waals surface area contributed by atoms with Crippen LogP contribution in [0.15, 0.2) is 12.1 Å². The van der Waals surface area contributed by atoms with E-state index >= 15 is 0 Å². The van der Waals surface area contributed by atoms with Gasteiger partial charge in [-0.2, -0.15) is 0 Å². The second-order valence-electron chi connectivity index (χ2n) is 4.91. The zero-order valence-electron chi connectivity index (χ0n) is 11.5. The van der Waals surface area contributed by atoms with E-state index in [-0.39, 0.29) is 29.0 Å². The van der Waals surface area contributed by atoms with Gasteiger partial charge in [-0.1, -0.05) is 12.2 Å². The van der Waals surface area contributed by atoms with Crippen molar-refractivity contribution in [2.75, 3.05) is 31.2 Å². The number of rotatable bonds is 5. The molecule has 1 aromatic rings. The van der Waals surface area contributed by atoms with Crippen LogP contribution in [0.5, 0.6) is 0 Å². The number of halogens is 2. The largest absolute Gasteiger partial charge is 0.394 e. The molecular weight excluding hydrogens is 298 g/mol. The lowest BCUT2D eigenvalue weighted by atomic mass is 10.1. The highest BCUT2D eigenvalue weighted by Crippen LogP contribution is 2.27. The molecule has 1 fully saturated rings. The van der Waals surface area contributed by atoms with Crippen molar-refractivity contribution in [3.05, 3.63) is 29.3 Å². The van der Waals surface area contributed by atoms with E-state index < -0.39 is 11.6 Å². The number of nitrogens with zero attached hydrogens (tertiary/aromatic N) is 1. The average molecular weight is 316 g/mol. The fourth-order valence-electron chi connectivity index (χ4n) is 2.46. The molecule has 0 saturated carbocycles. The minimum Gasteiger partial charge on any atom is -0.394 e. The SMILES string of the molecule is NC(=S)c1ccc(N2CCC(OCCO)CC2)c(F)c1F. The van der Waals surface area contributed by atoms with E-state index in [9.17, 15) is 8.78 Å². The second-order valence-corrected chi connectivity index (χ2v) is 5.35. The number of anilines is 1. The quantitative estimate of drug-likeness (QED) is 0.808. The van der Waals surface area contributed by atoms with E-state index in [0.717, 1.165) is 0 Å². The molecule has 4 nitrogen and oxygen atoms in total. The highest BCUT2D eigenvalue weighted by molar-refractivity contribution is 7.80. The van der Waals surface area contributed by atoms with Crippen LogP contribution >= 0.6 is 12.2 Å². The Morgan fingerprint density at radius 1 is 1.33 bits per heavy atom. The van der Waals surface area contributed by atoms with Crippen LogP contribution in [0.1, 0.15) is 18.4 Å². The van der Waals surface area contributed by atoms with Gasteiger partial charge in [0.05, 0.1) is 25.0 Å². The van der Waals surface area contributed by atoms with Gasteiger partial charge < -0.3 is 20.5 Å². The van der Waals surface area contributed by atoms with Gasteiger partial charge in [-0.3, -0.25) is 0 Å². The zero-order valence-corrected chi connectivity index (χ0v) is 12.3. The van der Waals surface area contributed by atoms with Gasteiger partial charge in [-0.05, 0) is 25.0 Å². The predicted octanol–water partition coefficient (Wildman–Crippen LogP) is 1.58. The summed E-state index contributed by atoms with van der Waals surface area (Å²) in [5.41, 5.74) is 5.49. The van der Waals surface area contributed by atoms with Crippen molar-refractivity contribution in [2.45, 2.75) is 18.9 Å². The van der Waals surface area contributed by atoms with E-state index in [0.29, 0.717) is 32.5 Å². The Balaban J connectivity index is 2.07. The molecule has 2 rings (SSSR count). The van der Waals surface area contributed by atoms with E-state index in [1.165, 1.54) is 12.1 Å². The zero-order chi connectivity index (χ0) is 15.4. The molecule has 0 unspecified atom stereocenters.